The number of anilines is 1. The summed E-state index contributed by atoms with van der Waals surface area (Å²) < 4.78 is 11.0. The number of ether oxygens (including phenoxy) is 2. The fourth-order valence-corrected chi connectivity index (χ4v) is 5.22. The van der Waals surface area contributed by atoms with E-state index in [-0.39, 0.29) is 17.6 Å². The normalized spacial score (nSPS) is 12.0. The van der Waals surface area contributed by atoms with Crippen molar-refractivity contribution in [1.82, 2.24) is 5.32 Å². The van der Waals surface area contributed by atoms with Gasteiger partial charge in [0.25, 0.3) is 0 Å². The van der Waals surface area contributed by atoms with E-state index in [0.717, 1.165) is 24.8 Å². The lowest BCUT2D eigenvalue weighted by atomic mass is 9.94. The maximum absolute atomic E-state index is 13.2. The molecule has 0 saturated carbocycles. The maximum Gasteiger partial charge on any atom is 0.328 e. The van der Waals surface area contributed by atoms with E-state index < -0.39 is 12.0 Å². The third-order valence-corrected chi connectivity index (χ3v) is 7.61. The molecule has 234 valence electrons. The van der Waals surface area contributed by atoms with Crippen molar-refractivity contribution in [3.8, 4) is 5.75 Å². The molecular formula is C38H42N2O5. The SMILES string of the molecule is CCCC(Cc1ccccc1)C(=O)NCCCOc1ccc(CC(Nc2ccccc2C(=O)c2ccccc2)C(=O)OC)cc1. The number of benzene rings is 4. The number of nitrogens with one attached hydrogen (secondary N) is 2. The average Bonchev–Trinajstić information content (AvgIpc) is 3.08. The van der Waals surface area contributed by atoms with Gasteiger partial charge in [-0.15, -0.1) is 0 Å². The molecule has 0 heterocycles. The van der Waals surface area contributed by atoms with Crippen LogP contribution in [-0.2, 0) is 27.2 Å². The molecule has 4 aromatic carbocycles. The molecule has 0 aliphatic heterocycles. The van der Waals surface area contributed by atoms with E-state index in [1.807, 2.05) is 66.7 Å². The molecule has 0 saturated heterocycles. The molecule has 0 spiro atoms. The van der Waals surface area contributed by atoms with Gasteiger partial charge in [-0.2, -0.15) is 0 Å². The number of hydrogen-bond acceptors (Lipinski definition) is 6. The molecule has 0 bridgehead atoms. The zero-order chi connectivity index (χ0) is 31.9. The summed E-state index contributed by atoms with van der Waals surface area (Å²) in [5, 5.41) is 6.31. The molecule has 2 atom stereocenters. The smallest absolute Gasteiger partial charge is 0.328 e. The molecule has 0 aromatic heterocycles. The summed E-state index contributed by atoms with van der Waals surface area (Å²) in [5.74, 6) is 0.206. The van der Waals surface area contributed by atoms with Crippen LogP contribution in [0.2, 0.25) is 0 Å². The Balaban J connectivity index is 1.27. The highest BCUT2D eigenvalue weighted by atomic mass is 16.5. The van der Waals surface area contributed by atoms with Crippen LogP contribution in [0.3, 0.4) is 0 Å². The minimum Gasteiger partial charge on any atom is -0.494 e. The van der Waals surface area contributed by atoms with E-state index in [0.29, 0.717) is 48.6 Å². The van der Waals surface area contributed by atoms with E-state index >= 15 is 0 Å². The lowest BCUT2D eigenvalue weighted by molar-refractivity contribution is -0.141. The Morgan fingerprint density at radius 2 is 1.40 bits per heavy atom. The lowest BCUT2D eigenvalue weighted by Crippen LogP contribution is -2.33. The number of hydrogen-bond donors (Lipinski definition) is 2. The molecular weight excluding hydrogens is 564 g/mol. The molecule has 0 aliphatic rings. The molecule has 2 unspecified atom stereocenters. The Bertz CT molecular complexity index is 1510. The topological polar surface area (TPSA) is 93.7 Å². The van der Waals surface area contributed by atoms with Crippen LogP contribution in [0.4, 0.5) is 5.69 Å². The highest BCUT2D eigenvalue weighted by molar-refractivity contribution is 6.12. The van der Waals surface area contributed by atoms with Crippen molar-refractivity contribution in [2.45, 2.75) is 45.1 Å². The second kappa shape index (κ2) is 17.4. The van der Waals surface area contributed by atoms with Crippen molar-refractivity contribution in [2.75, 3.05) is 25.6 Å². The molecule has 4 rings (SSSR count). The zero-order valence-electron chi connectivity index (χ0n) is 26.0. The Hall–Kier alpha value is -4.91. The summed E-state index contributed by atoms with van der Waals surface area (Å²) >= 11 is 0. The Labute approximate surface area is 266 Å². The number of para-hydroxylation sites is 1. The van der Waals surface area contributed by atoms with Gasteiger partial charge in [-0.3, -0.25) is 9.59 Å². The van der Waals surface area contributed by atoms with Crippen molar-refractivity contribution in [2.24, 2.45) is 5.92 Å². The summed E-state index contributed by atoms with van der Waals surface area (Å²) in [6.07, 6.45) is 3.60. The van der Waals surface area contributed by atoms with Gasteiger partial charge in [0.15, 0.2) is 5.78 Å². The van der Waals surface area contributed by atoms with Crippen LogP contribution in [0.25, 0.3) is 0 Å². The van der Waals surface area contributed by atoms with Crippen molar-refractivity contribution >= 4 is 23.3 Å². The summed E-state index contributed by atoms with van der Waals surface area (Å²) in [6, 6.07) is 33.2. The summed E-state index contributed by atoms with van der Waals surface area (Å²) in [4.78, 5) is 38.7. The minimum absolute atomic E-state index is 0.0352. The van der Waals surface area contributed by atoms with Crippen molar-refractivity contribution in [3.05, 3.63) is 131 Å². The van der Waals surface area contributed by atoms with Gasteiger partial charge in [0, 0.05) is 35.7 Å². The number of carbonyl (C=O) groups is 3. The second-order valence-corrected chi connectivity index (χ2v) is 11.0. The van der Waals surface area contributed by atoms with Gasteiger partial charge in [-0.1, -0.05) is 98.3 Å². The van der Waals surface area contributed by atoms with Gasteiger partial charge in [0.2, 0.25) is 5.91 Å². The predicted molar refractivity (Wildman–Crippen MR) is 178 cm³/mol. The van der Waals surface area contributed by atoms with Gasteiger partial charge in [-0.05, 0) is 54.7 Å². The number of esters is 1. The molecule has 0 aliphatic carbocycles. The van der Waals surface area contributed by atoms with Gasteiger partial charge in [0.1, 0.15) is 11.8 Å². The molecule has 0 fully saturated rings. The first-order valence-corrected chi connectivity index (χ1v) is 15.5. The largest absolute Gasteiger partial charge is 0.494 e. The second-order valence-electron chi connectivity index (χ2n) is 11.0. The first-order chi connectivity index (χ1) is 22.0. The van der Waals surface area contributed by atoms with Gasteiger partial charge < -0.3 is 20.1 Å². The number of ketones is 1. The Morgan fingerprint density at radius 1 is 0.756 bits per heavy atom. The van der Waals surface area contributed by atoms with Crippen LogP contribution < -0.4 is 15.4 Å². The molecule has 0 radical (unpaired) electrons. The fourth-order valence-electron chi connectivity index (χ4n) is 5.22. The number of carbonyl (C=O) groups excluding carboxylic acids is 3. The monoisotopic (exact) mass is 606 g/mol. The van der Waals surface area contributed by atoms with E-state index in [1.54, 1.807) is 30.3 Å². The minimum atomic E-state index is -0.700. The Morgan fingerprint density at radius 3 is 2.09 bits per heavy atom. The molecule has 7 nitrogen and oxygen atoms in total. The highest BCUT2D eigenvalue weighted by Crippen LogP contribution is 2.22. The zero-order valence-corrected chi connectivity index (χ0v) is 26.0. The molecule has 7 heteroatoms. The third-order valence-electron chi connectivity index (χ3n) is 7.61. The Kier molecular flexibility index (Phi) is 12.8. The number of amides is 1. The highest BCUT2D eigenvalue weighted by Gasteiger charge is 2.23. The number of methoxy groups -OCH3 is 1. The quantitative estimate of drug-likeness (QED) is 0.0794. The summed E-state index contributed by atoms with van der Waals surface area (Å²) in [6.45, 7) is 3.12. The van der Waals surface area contributed by atoms with Crippen LogP contribution in [0.15, 0.2) is 109 Å². The maximum atomic E-state index is 13.2. The standard InChI is InChI=1S/C38H42N2O5/c1-3-13-31(26-28-14-6-4-7-15-28)37(42)39-24-12-25-45-32-22-20-29(21-23-32)27-35(38(43)44-2)40-34-19-11-10-18-33(34)36(41)30-16-8-5-9-17-30/h4-11,14-23,31,35,40H,3,12-13,24-27H2,1-2H3,(H,39,42). The average molecular weight is 607 g/mol. The molecule has 1 amide bonds. The van der Waals surface area contributed by atoms with E-state index in [1.165, 1.54) is 12.7 Å². The summed E-state index contributed by atoms with van der Waals surface area (Å²) in [5.41, 5.74) is 3.70. The van der Waals surface area contributed by atoms with Crippen LogP contribution in [0.1, 0.15) is 53.2 Å². The van der Waals surface area contributed by atoms with Crippen LogP contribution in [-0.4, -0.2) is 44.0 Å². The van der Waals surface area contributed by atoms with Crippen molar-refractivity contribution < 1.29 is 23.9 Å². The third kappa shape index (κ3) is 10.1. The van der Waals surface area contributed by atoms with Crippen molar-refractivity contribution in [1.29, 1.82) is 0 Å². The van der Waals surface area contributed by atoms with Gasteiger partial charge in [0.05, 0.1) is 13.7 Å². The van der Waals surface area contributed by atoms with Crippen LogP contribution >= 0.6 is 0 Å². The first-order valence-electron chi connectivity index (χ1n) is 15.5. The van der Waals surface area contributed by atoms with Gasteiger partial charge in [-0.25, -0.2) is 4.79 Å². The fraction of sp³-hybridized carbons (Fsp3) is 0.289. The van der Waals surface area contributed by atoms with Crippen molar-refractivity contribution in [3.63, 3.8) is 0 Å². The molecule has 45 heavy (non-hydrogen) atoms. The summed E-state index contributed by atoms with van der Waals surface area (Å²) in [7, 11) is 1.35. The molecule has 4 aromatic rings. The number of rotatable bonds is 17. The van der Waals surface area contributed by atoms with Gasteiger partial charge >= 0.3 is 5.97 Å². The lowest BCUT2D eigenvalue weighted by Gasteiger charge is -2.20. The first kappa shape index (κ1) is 33.0. The van der Waals surface area contributed by atoms with Crippen LogP contribution in [0, 0.1) is 5.92 Å². The van der Waals surface area contributed by atoms with E-state index in [4.69, 9.17) is 9.47 Å². The van der Waals surface area contributed by atoms with E-state index in [9.17, 15) is 14.4 Å². The van der Waals surface area contributed by atoms with Crippen LogP contribution in [0.5, 0.6) is 5.75 Å². The predicted octanol–water partition coefficient (Wildman–Crippen LogP) is 6.66. The molecule has 2 N–H and O–H groups in total. The van der Waals surface area contributed by atoms with E-state index in [2.05, 4.69) is 29.7 Å².